The van der Waals surface area contributed by atoms with Crippen LogP contribution < -0.4 is 11.1 Å². The van der Waals surface area contributed by atoms with Crippen molar-refractivity contribution in [2.45, 2.75) is 31.5 Å². The first-order valence-corrected chi connectivity index (χ1v) is 6.88. The Morgan fingerprint density at radius 1 is 1.33 bits per heavy atom. The van der Waals surface area contributed by atoms with Crippen LogP contribution in [0.15, 0.2) is 36.7 Å². The van der Waals surface area contributed by atoms with Gasteiger partial charge in [0, 0.05) is 18.3 Å². The number of benzene rings is 1. The minimum atomic E-state index is -0.515. The van der Waals surface area contributed by atoms with E-state index in [1.165, 1.54) is 12.1 Å². The van der Waals surface area contributed by atoms with Gasteiger partial charge in [-0.2, -0.15) is 5.10 Å². The van der Waals surface area contributed by atoms with Gasteiger partial charge in [0.25, 0.3) is 0 Å². The predicted octanol–water partition coefficient (Wildman–Crippen LogP) is 1.18. The van der Waals surface area contributed by atoms with Crippen molar-refractivity contribution in [2.24, 2.45) is 5.73 Å². The molecule has 0 unspecified atom stereocenters. The average molecular weight is 288 g/mol. The van der Waals surface area contributed by atoms with Crippen LogP contribution in [0.1, 0.15) is 24.0 Å². The number of nitrogens with two attached hydrogens (primary N) is 1. The molecule has 1 aliphatic rings. The van der Waals surface area contributed by atoms with Crippen molar-refractivity contribution in [1.82, 2.24) is 15.1 Å². The van der Waals surface area contributed by atoms with Crippen LogP contribution in [0.25, 0.3) is 0 Å². The highest BCUT2D eigenvalue weighted by atomic mass is 19.1. The number of primary amides is 1. The van der Waals surface area contributed by atoms with Crippen molar-refractivity contribution in [3.05, 3.63) is 53.6 Å². The van der Waals surface area contributed by atoms with Crippen LogP contribution in [0.2, 0.25) is 0 Å². The monoisotopic (exact) mass is 288 g/mol. The Morgan fingerprint density at radius 3 is 2.67 bits per heavy atom. The summed E-state index contributed by atoms with van der Waals surface area (Å²) < 4.78 is 14.6. The zero-order valence-corrected chi connectivity index (χ0v) is 11.6. The fourth-order valence-electron chi connectivity index (χ4n) is 2.27. The van der Waals surface area contributed by atoms with Crippen LogP contribution in [0.4, 0.5) is 4.39 Å². The Hall–Kier alpha value is -2.21. The molecule has 1 fully saturated rings. The summed E-state index contributed by atoms with van der Waals surface area (Å²) in [6, 6.07) is 6.35. The van der Waals surface area contributed by atoms with Crippen LogP contribution in [0.5, 0.6) is 0 Å². The Morgan fingerprint density at radius 2 is 2.05 bits per heavy atom. The minimum absolute atomic E-state index is 0.245. The third-order valence-corrected chi connectivity index (χ3v) is 3.80. The molecule has 0 bridgehead atoms. The lowest BCUT2D eigenvalue weighted by Gasteiger charge is -2.11. The van der Waals surface area contributed by atoms with Crippen LogP contribution in [0.3, 0.4) is 0 Å². The number of carbonyl (C=O) groups excluding carboxylic acids is 1. The number of nitrogens with one attached hydrogen (secondary N) is 1. The maximum absolute atomic E-state index is 12.8. The Balaban J connectivity index is 1.59. The molecule has 0 radical (unpaired) electrons. The standard InChI is InChI=1S/C15H17FN4O/c16-13-3-1-11(2-4-13)9-20-10-12(8-19-20)7-18-15(5-6-15)14(17)21/h1-4,8,10,18H,5-7,9H2,(H2,17,21). The van der Waals surface area contributed by atoms with Gasteiger partial charge in [-0.05, 0) is 30.5 Å². The molecular formula is C15H17FN4O. The topological polar surface area (TPSA) is 72.9 Å². The molecule has 3 rings (SSSR count). The van der Waals surface area contributed by atoms with E-state index >= 15 is 0 Å². The highest BCUT2D eigenvalue weighted by Gasteiger charge is 2.47. The summed E-state index contributed by atoms with van der Waals surface area (Å²) in [4.78, 5) is 11.3. The van der Waals surface area contributed by atoms with Crippen molar-refractivity contribution in [2.75, 3.05) is 0 Å². The number of halogens is 1. The fraction of sp³-hybridized carbons (Fsp3) is 0.333. The van der Waals surface area contributed by atoms with E-state index in [-0.39, 0.29) is 11.7 Å². The molecule has 1 saturated carbocycles. The molecular weight excluding hydrogens is 271 g/mol. The average Bonchev–Trinajstić information content (AvgIpc) is 3.14. The van der Waals surface area contributed by atoms with Crippen molar-refractivity contribution >= 4 is 5.91 Å². The summed E-state index contributed by atoms with van der Waals surface area (Å²) in [6.45, 7) is 1.15. The van der Waals surface area contributed by atoms with Gasteiger partial charge in [0.1, 0.15) is 5.82 Å². The third-order valence-electron chi connectivity index (χ3n) is 3.80. The van der Waals surface area contributed by atoms with Gasteiger partial charge in [0.05, 0.1) is 18.3 Å². The zero-order chi connectivity index (χ0) is 14.9. The lowest BCUT2D eigenvalue weighted by molar-refractivity contribution is -0.121. The first-order valence-electron chi connectivity index (χ1n) is 6.88. The molecule has 6 heteroatoms. The predicted molar refractivity (Wildman–Crippen MR) is 75.7 cm³/mol. The summed E-state index contributed by atoms with van der Waals surface area (Å²) in [6.07, 6.45) is 5.26. The van der Waals surface area contributed by atoms with Gasteiger partial charge in [-0.1, -0.05) is 12.1 Å². The number of rotatable bonds is 6. The molecule has 0 saturated heterocycles. The van der Waals surface area contributed by atoms with Crippen LogP contribution in [0, 0.1) is 5.82 Å². The van der Waals surface area contributed by atoms with Crippen molar-refractivity contribution < 1.29 is 9.18 Å². The van der Waals surface area contributed by atoms with E-state index in [0.29, 0.717) is 13.1 Å². The summed E-state index contributed by atoms with van der Waals surface area (Å²) in [5.41, 5.74) is 6.82. The van der Waals surface area contributed by atoms with Gasteiger partial charge in [-0.15, -0.1) is 0 Å². The van der Waals surface area contributed by atoms with Gasteiger partial charge >= 0.3 is 0 Å². The summed E-state index contributed by atoms with van der Waals surface area (Å²) in [7, 11) is 0. The van der Waals surface area contributed by atoms with Crippen molar-refractivity contribution in [1.29, 1.82) is 0 Å². The first kappa shape index (κ1) is 13.8. The Kier molecular flexibility index (Phi) is 3.47. The molecule has 5 nitrogen and oxygen atoms in total. The largest absolute Gasteiger partial charge is 0.368 e. The van der Waals surface area contributed by atoms with Gasteiger partial charge in [-0.3, -0.25) is 14.8 Å². The van der Waals surface area contributed by atoms with Crippen molar-refractivity contribution in [3.8, 4) is 0 Å². The highest BCUT2D eigenvalue weighted by Crippen LogP contribution is 2.35. The lowest BCUT2D eigenvalue weighted by Crippen LogP contribution is -2.43. The van der Waals surface area contributed by atoms with E-state index in [4.69, 9.17) is 5.73 Å². The summed E-state index contributed by atoms with van der Waals surface area (Å²) in [5, 5.41) is 7.46. The number of aromatic nitrogens is 2. The molecule has 0 aliphatic heterocycles. The van der Waals surface area contributed by atoms with Crippen LogP contribution >= 0.6 is 0 Å². The molecule has 110 valence electrons. The maximum Gasteiger partial charge on any atom is 0.237 e. The number of hydrogen-bond donors (Lipinski definition) is 2. The highest BCUT2D eigenvalue weighted by molar-refractivity contribution is 5.87. The molecule has 1 aliphatic carbocycles. The van der Waals surface area contributed by atoms with E-state index in [2.05, 4.69) is 10.4 Å². The fourth-order valence-corrected chi connectivity index (χ4v) is 2.27. The van der Waals surface area contributed by atoms with E-state index in [1.807, 2.05) is 6.20 Å². The van der Waals surface area contributed by atoms with E-state index in [0.717, 1.165) is 24.0 Å². The molecule has 1 aromatic carbocycles. The first-order chi connectivity index (χ1) is 10.1. The molecule has 1 aromatic heterocycles. The van der Waals surface area contributed by atoms with Crippen molar-refractivity contribution in [3.63, 3.8) is 0 Å². The smallest absolute Gasteiger partial charge is 0.237 e. The van der Waals surface area contributed by atoms with Gasteiger partial charge < -0.3 is 5.73 Å². The normalized spacial score (nSPS) is 15.9. The molecule has 0 spiro atoms. The second kappa shape index (κ2) is 5.29. The zero-order valence-electron chi connectivity index (χ0n) is 11.6. The molecule has 21 heavy (non-hydrogen) atoms. The van der Waals surface area contributed by atoms with Gasteiger partial charge in [-0.25, -0.2) is 4.39 Å². The number of carbonyl (C=O) groups is 1. The summed E-state index contributed by atoms with van der Waals surface area (Å²) in [5.74, 6) is -0.536. The Labute approximate surface area is 121 Å². The second-order valence-corrected chi connectivity index (χ2v) is 5.47. The lowest BCUT2D eigenvalue weighted by atomic mass is 10.2. The SMILES string of the molecule is NC(=O)C1(NCc2cnn(Cc3ccc(F)cc3)c2)CC1. The second-order valence-electron chi connectivity index (χ2n) is 5.47. The van der Waals surface area contributed by atoms with Gasteiger partial charge in [0.15, 0.2) is 0 Å². The van der Waals surface area contributed by atoms with Crippen LogP contribution in [-0.2, 0) is 17.9 Å². The molecule has 2 aromatic rings. The molecule has 3 N–H and O–H groups in total. The van der Waals surface area contributed by atoms with E-state index in [9.17, 15) is 9.18 Å². The quantitative estimate of drug-likeness (QED) is 0.838. The van der Waals surface area contributed by atoms with Gasteiger partial charge in [0.2, 0.25) is 5.91 Å². The molecule has 0 atom stereocenters. The number of nitrogens with zero attached hydrogens (tertiary/aromatic N) is 2. The maximum atomic E-state index is 12.8. The molecule has 1 amide bonds. The van der Waals surface area contributed by atoms with E-state index < -0.39 is 5.54 Å². The summed E-state index contributed by atoms with van der Waals surface area (Å²) >= 11 is 0. The van der Waals surface area contributed by atoms with Crippen LogP contribution in [-0.4, -0.2) is 21.2 Å². The number of amides is 1. The van der Waals surface area contributed by atoms with E-state index in [1.54, 1.807) is 23.0 Å². The Bertz CT molecular complexity index is 646. The number of hydrogen-bond acceptors (Lipinski definition) is 3. The minimum Gasteiger partial charge on any atom is -0.368 e. The third kappa shape index (κ3) is 3.11. The molecule has 1 heterocycles.